The van der Waals surface area contributed by atoms with E-state index in [1.807, 2.05) is 31.2 Å². The number of rotatable bonds is 4. The van der Waals surface area contributed by atoms with Crippen LogP contribution in [-0.4, -0.2) is 29.8 Å². The van der Waals surface area contributed by atoms with E-state index in [-0.39, 0.29) is 5.41 Å². The Labute approximate surface area is 124 Å². The first-order valence-corrected chi connectivity index (χ1v) is 7.49. The van der Waals surface area contributed by atoms with Crippen LogP contribution >= 0.6 is 0 Å². The average molecular weight is 287 g/mol. The second-order valence-corrected chi connectivity index (χ2v) is 5.69. The summed E-state index contributed by atoms with van der Waals surface area (Å²) in [7, 11) is 0. The first-order valence-electron chi connectivity index (χ1n) is 7.49. The van der Waals surface area contributed by atoms with Gasteiger partial charge >= 0.3 is 0 Å². The van der Waals surface area contributed by atoms with Gasteiger partial charge in [0, 0.05) is 11.0 Å². The molecule has 5 heteroatoms. The third-order valence-electron chi connectivity index (χ3n) is 4.05. The molecule has 1 saturated heterocycles. The molecule has 112 valence electrons. The number of nitrogens with zero attached hydrogens (tertiary/aromatic N) is 2. The first kappa shape index (κ1) is 14.1. The molecule has 1 aliphatic heterocycles. The van der Waals surface area contributed by atoms with Crippen molar-refractivity contribution in [1.29, 1.82) is 0 Å². The van der Waals surface area contributed by atoms with Crippen molar-refractivity contribution in [1.82, 2.24) is 15.5 Å². The third-order valence-corrected chi connectivity index (χ3v) is 4.05. The van der Waals surface area contributed by atoms with E-state index in [0.29, 0.717) is 12.4 Å². The van der Waals surface area contributed by atoms with E-state index < -0.39 is 0 Å². The van der Waals surface area contributed by atoms with Gasteiger partial charge in [0.25, 0.3) is 0 Å². The summed E-state index contributed by atoms with van der Waals surface area (Å²) in [6.45, 7) is 6.80. The molecular weight excluding hydrogens is 266 g/mol. The van der Waals surface area contributed by atoms with Gasteiger partial charge in [-0.1, -0.05) is 24.2 Å². The molecule has 2 heterocycles. The SMILES string of the molecule is CCOc1cccc(-c2noc(C3(C)CCNCC3)n2)c1. The van der Waals surface area contributed by atoms with Crippen molar-refractivity contribution in [3.8, 4) is 17.1 Å². The standard InChI is InChI=1S/C16H21N3O2/c1-3-20-13-6-4-5-12(11-13)14-18-15(21-19-14)16(2)7-9-17-10-8-16/h4-6,11,17H,3,7-10H2,1-2H3. The highest BCUT2D eigenvalue weighted by atomic mass is 16.5. The molecule has 1 N–H and O–H groups in total. The number of nitrogens with one attached hydrogen (secondary N) is 1. The number of benzene rings is 1. The molecule has 21 heavy (non-hydrogen) atoms. The van der Waals surface area contributed by atoms with Gasteiger partial charge in [-0.3, -0.25) is 0 Å². The Morgan fingerprint density at radius 1 is 1.33 bits per heavy atom. The van der Waals surface area contributed by atoms with Crippen molar-refractivity contribution in [3.05, 3.63) is 30.2 Å². The molecule has 0 spiro atoms. The molecule has 0 saturated carbocycles. The predicted octanol–water partition coefficient (Wildman–Crippen LogP) is 2.78. The lowest BCUT2D eigenvalue weighted by Gasteiger charge is -2.30. The summed E-state index contributed by atoms with van der Waals surface area (Å²) in [6, 6.07) is 7.80. The maximum Gasteiger partial charge on any atom is 0.232 e. The van der Waals surface area contributed by atoms with Crippen LogP contribution in [0.3, 0.4) is 0 Å². The number of ether oxygens (including phenoxy) is 1. The topological polar surface area (TPSA) is 60.2 Å². The molecular formula is C16H21N3O2. The van der Waals surface area contributed by atoms with Crippen LogP contribution in [0.2, 0.25) is 0 Å². The molecule has 5 nitrogen and oxygen atoms in total. The van der Waals surface area contributed by atoms with Crippen molar-refractivity contribution in [2.24, 2.45) is 0 Å². The Morgan fingerprint density at radius 3 is 2.90 bits per heavy atom. The minimum absolute atomic E-state index is 0.0198. The van der Waals surface area contributed by atoms with Crippen LogP contribution in [-0.2, 0) is 5.41 Å². The summed E-state index contributed by atoms with van der Waals surface area (Å²) in [4.78, 5) is 4.62. The van der Waals surface area contributed by atoms with Crippen molar-refractivity contribution in [3.63, 3.8) is 0 Å². The zero-order chi connectivity index (χ0) is 14.7. The minimum atomic E-state index is -0.0198. The molecule has 0 bridgehead atoms. The quantitative estimate of drug-likeness (QED) is 0.937. The van der Waals surface area contributed by atoms with E-state index in [4.69, 9.17) is 9.26 Å². The fourth-order valence-corrected chi connectivity index (χ4v) is 2.67. The predicted molar refractivity (Wildman–Crippen MR) is 80.4 cm³/mol. The fourth-order valence-electron chi connectivity index (χ4n) is 2.67. The summed E-state index contributed by atoms with van der Waals surface area (Å²) in [5.41, 5.74) is 0.905. The van der Waals surface area contributed by atoms with Gasteiger partial charge in [-0.15, -0.1) is 0 Å². The highest BCUT2D eigenvalue weighted by Crippen LogP contribution is 2.33. The number of hydrogen-bond donors (Lipinski definition) is 1. The van der Waals surface area contributed by atoms with E-state index >= 15 is 0 Å². The molecule has 0 unspecified atom stereocenters. The van der Waals surface area contributed by atoms with Gasteiger partial charge in [0.1, 0.15) is 5.75 Å². The molecule has 1 aromatic carbocycles. The third kappa shape index (κ3) is 2.93. The van der Waals surface area contributed by atoms with Crippen molar-refractivity contribution in [2.75, 3.05) is 19.7 Å². The van der Waals surface area contributed by atoms with Gasteiger partial charge in [-0.2, -0.15) is 4.98 Å². The van der Waals surface area contributed by atoms with E-state index in [9.17, 15) is 0 Å². The summed E-state index contributed by atoms with van der Waals surface area (Å²) in [5.74, 6) is 2.20. The average Bonchev–Trinajstić information content (AvgIpc) is 2.99. The zero-order valence-electron chi connectivity index (χ0n) is 12.6. The van der Waals surface area contributed by atoms with E-state index in [1.54, 1.807) is 0 Å². The van der Waals surface area contributed by atoms with Crippen LogP contribution in [0.15, 0.2) is 28.8 Å². The van der Waals surface area contributed by atoms with Gasteiger partial charge in [0.05, 0.1) is 6.61 Å². The van der Waals surface area contributed by atoms with Crippen LogP contribution in [0.5, 0.6) is 5.75 Å². The molecule has 0 amide bonds. The molecule has 0 radical (unpaired) electrons. The van der Waals surface area contributed by atoms with E-state index in [0.717, 1.165) is 43.1 Å². The van der Waals surface area contributed by atoms with Gasteiger partial charge < -0.3 is 14.6 Å². The van der Waals surface area contributed by atoms with Crippen molar-refractivity contribution >= 4 is 0 Å². The largest absolute Gasteiger partial charge is 0.494 e. The molecule has 1 aromatic heterocycles. The van der Waals surface area contributed by atoms with Gasteiger partial charge in [-0.05, 0) is 45.0 Å². The summed E-state index contributed by atoms with van der Waals surface area (Å²) in [5, 5.41) is 7.51. The number of hydrogen-bond acceptors (Lipinski definition) is 5. The Kier molecular flexibility index (Phi) is 3.92. The lowest BCUT2D eigenvalue weighted by Crippen LogP contribution is -2.37. The molecule has 1 aliphatic rings. The molecule has 0 atom stereocenters. The zero-order valence-corrected chi connectivity index (χ0v) is 12.6. The Hall–Kier alpha value is -1.88. The van der Waals surface area contributed by atoms with Crippen LogP contribution in [0, 0.1) is 0 Å². The lowest BCUT2D eigenvalue weighted by atomic mass is 9.81. The second-order valence-electron chi connectivity index (χ2n) is 5.69. The number of piperidine rings is 1. The van der Waals surface area contributed by atoms with Gasteiger partial charge in [0.2, 0.25) is 11.7 Å². The van der Waals surface area contributed by atoms with Crippen LogP contribution in [0.25, 0.3) is 11.4 Å². The summed E-state index contributed by atoms with van der Waals surface area (Å²) < 4.78 is 11.0. The normalized spacial score (nSPS) is 17.6. The summed E-state index contributed by atoms with van der Waals surface area (Å²) in [6.07, 6.45) is 2.04. The maximum absolute atomic E-state index is 5.53. The highest BCUT2D eigenvalue weighted by molar-refractivity contribution is 5.56. The molecule has 0 aliphatic carbocycles. The van der Waals surface area contributed by atoms with Crippen molar-refractivity contribution in [2.45, 2.75) is 32.1 Å². The molecule has 3 rings (SSSR count). The van der Waals surface area contributed by atoms with E-state index in [1.165, 1.54) is 0 Å². The first-order chi connectivity index (χ1) is 10.2. The Bertz CT molecular complexity index is 603. The Balaban J connectivity index is 1.86. The van der Waals surface area contributed by atoms with Gasteiger partial charge in [-0.25, -0.2) is 0 Å². The fraction of sp³-hybridized carbons (Fsp3) is 0.500. The number of aromatic nitrogens is 2. The van der Waals surface area contributed by atoms with Gasteiger partial charge in [0.15, 0.2) is 0 Å². The monoisotopic (exact) mass is 287 g/mol. The smallest absolute Gasteiger partial charge is 0.232 e. The minimum Gasteiger partial charge on any atom is -0.494 e. The lowest BCUT2D eigenvalue weighted by molar-refractivity contribution is 0.241. The second kappa shape index (κ2) is 5.85. The van der Waals surface area contributed by atoms with Crippen molar-refractivity contribution < 1.29 is 9.26 Å². The van der Waals surface area contributed by atoms with E-state index in [2.05, 4.69) is 22.4 Å². The molecule has 2 aromatic rings. The van der Waals surface area contributed by atoms with Crippen LogP contribution in [0.4, 0.5) is 0 Å². The Morgan fingerprint density at radius 2 is 2.14 bits per heavy atom. The summed E-state index contributed by atoms with van der Waals surface area (Å²) >= 11 is 0. The highest BCUT2D eigenvalue weighted by Gasteiger charge is 2.34. The molecule has 1 fully saturated rings. The van der Waals surface area contributed by atoms with Crippen LogP contribution in [0.1, 0.15) is 32.6 Å². The van der Waals surface area contributed by atoms with Crippen LogP contribution < -0.4 is 10.1 Å². The maximum atomic E-state index is 5.53.